The Kier molecular flexibility index (Phi) is 4.08. The minimum atomic E-state index is 0.208. The summed E-state index contributed by atoms with van der Waals surface area (Å²) in [5.41, 5.74) is 7.96. The Hall–Kier alpha value is -0.690. The van der Waals surface area contributed by atoms with Crippen LogP contribution in [0.5, 0.6) is 0 Å². The van der Waals surface area contributed by atoms with E-state index in [2.05, 4.69) is 10.0 Å². The van der Waals surface area contributed by atoms with Crippen molar-refractivity contribution >= 4 is 0 Å². The average molecular weight is 113 g/mol. The van der Waals surface area contributed by atoms with Crippen LogP contribution >= 0.6 is 0 Å². The lowest BCUT2D eigenvalue weighted by Gasteiger charge is -1.99. The molecule has 0 fully saturated rings. The molecular weight excluding hydrogens is 102 g/mol. The van der Waals surface area contributed by atoms with E-state index in [9.17, 15) is 0 Å². The normalized spacial score (nSPS) is 8.88. The molecule has 0 rings (SSSR count). The van der Waals surface area contributed by atoms with Crippen molar-refractivity contribution in [3.05, 3.63) is 10.4 Å². The van der Waals surface area contributed by atoms with Crippen molar-refractivity contribution in [2.75, 3.05) is 0 Å². The van der Waals surface area contributed by atoms with Gasteiger partial charge in [0, 0.05) is 11.0 Å². The van der Waals surface area contributed by atoms with Crippen molar-refractivity contribution < 1.29 is 0 Å². The summed E-state index contributed by atoms with van der Waals surface area (Å²) in [5.74, 6) is 0. The van der Waals surface area contributed by atoms with Gasteiger partial charge in [-0.1, -0.05) is 19.0 Å². The molecule has 0 saturated heterocycles. The molecule has 3 heteroatoms. The van der Waals surface area contributed by atoms with E-state index in [0.29, 0.717) is 0 Å². The molecule has 0 aliphatic carbocycles. The second kappa shape index (κ2) is 4.47. The quantitative estimate of drug-likeness (QED) is 0.306. The molecule has 0 amide bonds. The Balaban J connectivity index is 3.52. The van der Waals surface area contributed by atoms with E-state index in [1.807, 2.05) is 13.8 Å². The third kappa shape index (κ3) is 2.48. The lowest BCUT2D eigenvalue weighted by molar-refractivity contribution is 0.625. The Labute approximate surface area is 49.3 Å². The lowest BCUT2D eigenvalue weighted by Crippen LogP contribution is -1.96. The molecule has 0 aromatic rings. The van der Waals surface area contributed by atoms with Crippen LogP contribution in [0.25, 0.3) is 10.4 Å². The predicted octanol–water partition coefficient (Wildman–Crippen LogP) is 2.49. The summed E-state index contributed by atoms with van der Waals surface area (Å²) in [7, 11) is 0. The Morgan fingerprint density at radius 1 is 1.50 bits per heavy atom. The smallest absolute Gasteiger partial charge is 0.0368 e. The van der Waals surface area contributed by atoms with E-state index in [1.54, 1.807) is 0 Å². The zero-order valence-corrected chi connectivity index (χ0v) is 5.33. The van der Waals surface area contributed by atoms with Crippen LogP contribution in [0, 0.1) is 0 Å². The molecule has 0 heterocycles. The number of nitrogens with zero attached hydrogens (tertiary/aromatic N) is 3. The van der Waals surface area contributed by atoms with Gasteiger partial charge in [-0.15, -0.1) is 0 Å². The summed E-state index contributed by atoms with van der Waals surface area (Å²) in [4.78, 5) is 2.70. The largest absolute Gasteiger partial charge is 0.0906 e. The first-order chi connectivity index (χ1) is 3.85. The van der Waals surface area contributed by atoms with Crippen molar-refractivity contribution in [1.29, 1.82) is 0 Å². The van der Waals surface area contributed by atoms with Crippen molar-refractivity contribution in [3.63, 3.8) is 0 Å². The van der Waals surface area contributed by atoms with Crippen LogP contribution in [-0.2, 0) is 0 Å². The summed E-state index contributed by atoms with van der Waals surface area (Å²) in [5, 5.41) is 3.54. The molecule has 0 aliphatic rings. The molecule has 0 N–H and O–H groups in total. The fourth-order valence-corrected chi connectivity index (χ4v) is 0.525. The van der Waals surface area contributed by atoms with E-state index in [1.165, 1.54) is 0 Å². The lowest BCUT2D eigenvalue weighted by atomic mass is 10.2. The topological polar surface area (TPSA) is 48.8 Å². The highest BCUT2D eigenvalue weighted by Gasteiger charge is 1.95. The molecule has 46 valence electrons. The van der Waals surface area contributed by atoms with Crippen LogP contribution in [0.1, 0.15) is 26.7 Å². The molecule has 0 atom stereocenters. The van der Waals surface area contributed by atoms with Gasteiger partial charge in [0.25, 0.3) is 0 Å². The van der Waals surface area contributed by atoms with Crippen LogP contribution < -0.4 is 0 Å². The Morgan fingerprint density at radius 3 is 2.12 bits per heavy atom. The molecule has 0 spiro atoms. The summed E-state index contributed by atoms with van der Waals surface area (Å²) in [6, 6.07) is 0.208. The van der Waals surface area contributed by atoms with E-state index in [4.69, 9.17) is 5.53 Å². The number of hydrogen-bond donors (Lipinski definition) is 0. The van der Waals surface area contributed by atoms with Gasteiger partial charge in [-0.2, -0.15) is 0 Å². The fourth-order valence-electron chi connectivity index (χ4n) is 0.525. The van der Waals surface area contributed by atoms with Gasteiger partial charge < -0.3 is 0 Å². The van der Waals surface area contributed by atoms with Gasteiger partial charge in [-0.3, -0.25) is 0 Å². The van der Waals surface area contributed by atoms with Gasteiger partial charge in [0.1, 0.15) is 0 Å². The molecule has 3 nitrogen and oxygen atoms in total. The molecule has 0 aromatic carbocycles. The summed E-state index contributed by atoms with van der Waals surface area (Å²) < 4.78 is 0. The zero-order chi connectivity index (χ0) is 6.41. The van der Waals surface area contributed by atoms with Gasteiger partial charge in [0.2, 0.25) is 0 Å². The molecule has 0 aliphatic heterocycles. The van der Waals surface area contributed by atoms with Crippen molar-refractivity contribution in [1.82, 2.24) is 0 Å². The first kappa shape index (κ1) is 7.31. The van der Waals surface area contributed by atoms with Crippen LogP contribution in [0.2, 0.25) is 0 Å². The van der Waals surface area contributed by atoms with Crippen molar-refractivity contribution in [3.8, 4) is 0 Å². The van der Waals surface area contributed by atoms with Gasteiger partial charge in [0.05, 0.1) is 0 Å². The number of azide groups is 1. The Morgan fingerprint density at radius 2 is 2.00 bits per heavy atom. The average Bonchev–Trinajstić information content (AvgIpc) is 1.83. The molecule has 0 radical (unpaired) electrons. The van der Waals surface area contributed by atoms with Gasteiger partial charge in [0.15, 0.2) is 0 Å². The molecule has 0 saturated carbocycles. The second-order valence-electron chi connectivity index (χ2n) is 1.68. The minimum absolute atomic E-state index is 0.208. The van der Waals surface area contributed by atoms with Crippen molar-refractivity contribution in [2.24, 2.45) is 5.11 Å². The van der Waals surface area contributed by atoms with E-state index < -0.39 is 0 Å². The van der Waals surface area contributed by atoms with Crippen LogP contribution in [0.4, 0.5) is 0 Å². The summed E-state index contributed by atoms with van der Waals surface area (Å²) >= 11 is 0. The second-order valence-corrected chi connectivity index (χ2v) is 1.68. The first-order valence-corrected chi connectivity index (χ1v) is 2.89. The van der Waals surface area contributed by atoms with E-state index in [-0.39, 0.29) is 6.04 Å². The molecular formula is C5H11N3. The third-order valence-corrected chi connectivity index (χ3v) is 1.16. The van der Waals surface area contributed by atoms with Gasteiger partial charge >= 0.3 is 0 Å². The molecule has 0 bridgehead atoms. The van der Waals surface area contributed by atoms with Crippen LogP contribution in [0.15, 0.2) is 5.11 Å². The fraction of sp³-hybridized carbons (Fsp3) is 1.00. The first-order valence-electron chi connectivity index (χ1n) is 2.89. The van der Waals surface area contributed by atoms with Gasteiger partial charge in [-0.05, 0) is 18.4 Å². The minimum Gasteiger partial charge on any atom is -0.0906 e. The predicted molar refractivity (Wildman–Crippen MR) is 33.5 cm³/mol. The Bertz CT molecular complexity index is 89.8. The monoisotopic (exact) mass is 113 g/mol. The molecule has 0 unspecified atom stereocenters. The highest BCUT2D eigenvalue weighted by molar-refractivity contribution is 4.60. The third-order valence-electron chi connectivity index (χ3n) is 1.16. The highest BCUT2D eigenvalue weighted by Crippen LogP contribution is 2.00. The SMILES string of the molecule is CCC(CC)N=[N+]=[N-]. The maximum absolute atomic E-state index is 7.96. The summed E-state index contributed by atoms with van der Waals surface area (Å²) in [6.45, 7) is 4.03. The highest BCUT2D eigenvalue weighted by atomic mass is 15.1. The molecule has 8 heavy (non-hydrogen) atoms. The zero-order valence-electron chi connectivity index (χ0n) is 5.33. The van der Waals surface area contributed by atoms with E-state index in [0.717, 1.165) is 12.8 Å². The maximum atomic E-state index is 7.96. The van der Waals surface area contributed by atoms with Gasteiger partial charge in [-0.25, -0.2) is 0 Å². The van der Waals surface area contributed by atoms with Crippen LogP contribution in [-0.4, -0.2) is 6.04 Å². The summed E-state index contributed by atoms with van der Waals surface area (Å²) in [6.07, 6.45) is 1.89. The van der Waals surface area contributed by atoms with Crippen LogP contribution in [0.3, 0.4) is 0 Å². The molecule has 0 aromatic heterocycles. The number of rotatable bonds is 3. The van der Waals surface area contributed by atoms with E-state index >= 15 is 0 Å². The standard InChI is InChI=1S/C5H11N3/c1-3-5(4-2)7-8-6/h5H,3-4H2,1-2H3. The number of hydrogen-bond acceptors (Lipinski definition) is 1. The van der Waals surface area contributed by atoms with Crippen molar-refractivity contribution in [2.45, 2.75) is 32.7 Å². The maximum Gasteiger partial charge on any atom is 0.0368 e.